The number of nitrogens with zero attached hydrogens (tertiary/aromatic N) is 3. The monoisotopic (exact) mass is 404 g/mol. The SMILES string of the molecule is CC(C)CNC(=O)C1CCN(C(=O)N2CC3CC(C2)[C@H]2CCCC(=O)N2C3)CC1. The summed E-state index contributed by atoms with van der Waals surface area (Å²) in [5.41, 5.74) is 0. The Hall–Kier alpha value is -1.79. The normalized spacial score (nSPS) is 30.4. The minimum absolute atomic E-state index is 0.0281. The van der Waals surface area contributed by atoms with Crippen LogP contribution in [0.3, 0.4) is 0 Å². The van der Waals surface area contributed by atoms with E-state index in [1.165, 1.54) is 0 Å². The van der Waals surface area contributed by atoms with Crippen molar-refractivity contribution in [1.82, 2.24) is 20.0 Å². The number of amides is 4. The molecule has 4 rings (SSSR count). The highest BCUT2D eigenvalue weighted by Gasteiger charge is 2.45. The summed E-state index contributed by atoms with van der Waals surface area (Å²) < 4.78 is 0. The highest BCUT2D eigenvalue weighted by atomic mass is 16.2. The van der Waals surface area contributed by atoms with Crippen LogP contribution in [-0.2, 0) is 9.59 Å². The molecule has 0 aromatic rings. The average Bonchev–Trinajstić information content (AvgIpc) is 2.72. The maximum atomic E-state index is 13.2. The van der Waals surface area contributed by atoms with Crippen LogP contribution in [0, 0.1) is 23.7 Å². The van der Waals surface area contributed by atoms with Crippen molar-refractivity contribution in [3.05, 3.63) is 0 Å². The van der Waals surface area contributed by atoms with E-state index in [1.54, 1.807) is 0 Å². The van der Waals surface area contributed by atoms with Crippen LogP contribution >= 0.6 is 0 Å². The first-order valence-corrected chi connectivity index (χ1v) is 11.5. The second-order valence-electron chi connectivity index (χ2n) is 9.96. The molecule has 4 amide bonds. The smallest absolute Gasteiger partial charge is 0.320 e. The lowest BCUT2D eigenvalue weighted by molar-refractivity contribution is -0.144. The summed E-state index contributed by atoms with van der Waals surface area (Å²) in [4.78, 5) is 43.9. The number of rotatable bonds is 3. The first-order valence-electron chi connectivity index (χ1n) is 11.5. The number of urea groups is 1. The average molecular weight is 405 g/mol. The summed E-state index contributed by atoms with van der Waals surface area (Å²) in [5.74, 6) is 1.77. The largest absolute Gasteiger partial charge is 0.356 e. The molecule has 7 nitrogen and oxygen atoms in total. The first-order chi connectivity index (χ1) is 13.9. The van der Waals surface area contributed by atoms with Crippen molar-refractivity contribution < 1.29 is 14.4 Å². The van der Waals surface area contributed by atoms with Gasteiger partial charge in [-0.25, -0.2) is 4.79 Å². The summed E-state index contributed by atoms with van der Waals surface area (Å²) in [5, 5.41) is 3.03. The number of fused-ring (bicyclic) bond motifs is 4. The van der Waals surface area contributed by atoms with Gasteiger partial charge in [0, 0.05) is 57.6 Å². The molecule has 29 heavy (non-hydrogen) atoms. The molecule has 3 atom stereocenters. The number of hydrogen-bond donors (Lipinski definition) is 1. The summed E-state index contributed by atoms with van der Waals surface area (Å²) in [6, 6.07) is 0.467. The van der Waals surface area contributed by atoms with Gasteiger partial charge >= 0.3 is 6.03 Å². The van der Waals surface area contributed by atoms with Crippen LogP contribution in [-0.4, -0.2) is 77.9 Å². The molecule has 2 unspecified atom stereocenters. The molecule has 0 aliphatic carbocycles. The number of carbonyl (C=O) groups is 3. The molecular weight excluding hydrogens is 368 g/mol. The Morgan fingerprint density at radius 2 is 1.83 bits per heavy atom. The van der Waals surface area contributed by atoms with Crippen molar-refractivity contribution in [1.29, 1.82) is 0 Å². The van der Waals surface area contributed by atoms with Gasteiger partial charge in [0.25, 0.3) is 0 Å². The van der Waals surface area contributed by atoms with Crippen molar-refractivity contribution in [3.8, 4) is 0 Å². The molecular formula is C22H36N4O3. The Balaban J connectivity index is 1.30. The van der Waals surface area contributed by atoms with Gasteiger partial charge < -0.3 is 20.0 Å². The third-order valence-corrected chi connectivity index (χ3v) is 7.27. The van der Waals surface area contributed by atoms with E-state index in [-0.39, 0.29) is 17.9 Å². The predicted molar refractivity (Wildman–Crippen MR) is 110 cm³/mol. The quantitative estimate of drug-likeness (QED) is 0.781. The molecule has 0 saturated carbocycles. The molecule has 0 spiro atoms. The van der Waals surface area contributed by atoms with Crippen molar-refractivity contribution in [3.63, 3.8) is 0 Å². The van der Waals surface area contributed by atoms with E-state index in [0.717, 1.165) is 58.3 Å². The van der Waals surface area contributed by atoms with Crippen LogP contribution in [0.5, 0.6) is 0 Å². The van der Waals surface area contributed by atoms with Crippen LogP contribution < -0.4 is 5.32 Å². The summed E-state index contributed by atoms with van der Waals surface area (Å²) in [6.45, 7) is 8.60. The molecule has 4 aliphatic rings. The van der Waals surface area contributed by atoms with Crippen LogP contribution in [0.4, 0.5) is 4.79 Å². The number of likely N-dealkylation sites (tertiary alicyclic amines) is 2. The zero-order valence-corrected chi connectivity index (χ0v) is 17.9. The van der Waals surface area contributed by atoms with E-state index in [0.29, 0.717) is 49.2 Å². The second-order valence-corrected chi connectivity index (χ2v) is 9.96. The van der Waals surface area contributed by atoms with Crippen molar-refractivity contribution in [2.45, 2.75) is 58.4 Å². The molecule has 4 saturated heterocycles. The summed E-state index contributed by atoms with van der Waals surface area (Å²) >= 11 is 0. The molecule has 7 heteroatoms. The Bertz CT molecular complexity index is 644. The third-order valence-electron chi connectivity index (χ3n) is 7.27. The van der Waals surface area contributed by atoms with E-state index in [9.17, 15) is 14.4 Å². The van der Waals surface area contributed by atoms with Crippen LogP contribution in [0.25, 0.3) is 0 Å². The molecule has 4 aliphatic heterocycles. The van der Waals surface area contributed by atoms with Gasteiger partial charge in [0.1, 0.15) is 0 Å². The minimum atomic E-state index is 0.0281. The van der Waals surface area contributed by atoms with E-state index >= 15 is 0 Å². The number of nitrogens with one attached hydrogen (secondary N) is 1. The molecule has 0 radical (unpaired) electrons. The van der Waals surface area contributed by atoms with Crippen LogP contribution in [0.2, 0.25) is 0 Å². The number of piperidine rings is 4. The lowest BCUT2D eigenvalue weighted by atomic mass is 9.76. The molecule has 4 heterocycles. The third kappa shape index (κ3) is 4.38. The van der Waals surface area contributed by atoms with Gasteiger partial charge in [0.2, 0.25) is 11.8 Å². The fourth-order valence-electron chi connectivity index (χ4n) is 5.75. The minimum Gasteiger partial charge on any atom is -0.356 e. The van der Waals surface area contributed by atoms with Crippen molar-refractivity contribution >= 4 is 17.8 Å². The Morgan fingerprint density at radius 1 is 1.07 bits per heavy atom. The Kier molecular flexibility index (Phi) is 6.02. The second kappa shape index (κ2) is 8.52. The summed E-state index contributed by atoms with van der Waals surface area (Å²) in [7, 11) is 0. The van der Waals surface area contributed by atoms with E-state index in [4.69, 9.17) is 0 Å². The van der Waals surface area contributed by atoms with Gasteiger partial charge in [-0.3, -0.25) is 9.59 Å². The molecule has 162 valence electrons. The Labute approximate surface area is 174 Å². The predicted octanol–water partition coefficient (Wildman–Crippen LogP) is 1.92. The topological polar surface area (TPSA) is 73.0 Å². The molecule has 1 N–H and O–H groups in total. The molecule has 4 fully saturated rings. The Morgan fingerprint density at radius 3 is 2.55 bits per heavy atom. The highest BCUT2D eigenvalue weighted by Crippen LogP contribution is 2.38. The van der Waals surface area contributed by atoms with Crippen molar-refractivity contribution in [2.24, 2.45) is 23.7 Å². The van der Waals surface area contributed by atoms with Gasteiger partial charge in [-0.2, -0.15) is 0 Å². The molecule has 0 aromatic carbocycles. The number of hydrogen-bond acceptors (Lipinski definition) is 3. The van der Waals surface area contributed by atoms with Gasteiger partial charge in [-0.1, -0.05) is 13.8 Å². The zero-order valence-electron chi connectivity index (χ0n) is 17.9. The van der Waals surface area contributed by atoms with Gasteiger partial charge in [-0.05, 0) is 49.9 Å². The van der Waals surface area contributed by atoms with Crippen molar-refractivity contribution in [2.75, 3.05) is 39.3 Å². The highest BCUT2D eigenvalue weighted by molar-refractivity contribution is 5.80. The maximum absolute atomic E-state index is 13.2. The van der Waals surface area contributed by atoms with Crippen LogP contribution in [0.15, 0.2) is 0 Å². The zero-order chi connectivity index (χ0) is 20.5. The van der Waals surface area contributed by atoms with Gasteiger partial charge in [0.05, 0.1) is 0 Å². The van der Waals surface area contributed by atoms with E-state index < -0.39 is 0 Å². The van der Waals surface area contributed by atoms with Gasteiger partial charge in [-0.15, -0.1) is 0 Å². The molecule has 2 bridgehead atoms. The fraction of sp³-hybridized carbons (Fsp3) is 0.864. The lowest BCUT2D eigenvalue weighted by Gasteiger charge is -2.53. The standard InChI is InChI=1S/C22H36N4O3/c1-15(2)11-23-21(28)17-6-8-24(9-7-17)22(29)25-12-16-10-18(14-25)19-4-3-5-20(27)26(19)13-16/h15-19H,3-14H2,1-2H3,(H,23,28)/t16?,18?,19-/m1/s1. The van der Waals surface area contributed by atoms with Gasteiger partial charge in [0.15, 0.2) is 0 Å². The van der Waals surface area contributed by atoms with E-state index in [2.05, 4.69) is 24.1 Å². The van der Waals surface area contributed by atoms with E-state index in [1.807, 2.05) is 9.80 Å². The van der Waals surface area contributed by atoms with Crippen LogP contribution in [0.1, 0.15) is 52.4 Å². The fourth-order valence-corrected chi connectivity index (χ4v) is 5.75. The summed E-state index contributed by atoms with van der Waals surface area (Å²) in [6.07, 6.45) is 5.42. The lowest BCUT2D eigenvalue weighted by Crippen LogP contribution is -2.62. The molecule has 0 aromatic heterocycles. The number of carbonyl (C=O) groups excluding carboxylic acids is 3. The maximum Gasteiger partial charge on any atom is 0.320 e. The first kappa shape index (κ1) is 20.5.